The van der Waals surface area contributed by atoms with Crippen molar-refractivity contribution >= 4 is 11.9 Å². The van der Waals surface area contributed by atoms with Crippen LogP contribution in [0.4, 0.5) is 0 Å². The Morgan fingerprint density at radius 2 is 0.603 bits per heavy atom. The summed E-state index contributed by atoms with van der Waals surface area (Å²) in [5.41, 5.74) is 0. The average molecular weight is 963 g/mol. The van der Waals surface area contributed by atoms with E-state index in [9.17, 15) is 19.8 Å². The van der Waals surface area contributed by atoms with E-state index in [0.717, 1.165) is 38.5 Å². The summed E-state index contributed by atoms with van der Waals surface area (Å²) in [6.07, 6.45) is 68.3. The average Bonchev–Trinajstić information content (AvgIpc) is 3.34. The minimum absolute atomic E-state index is 0.0186. The second-order valence-electron chi connectivity index (χ2n) is 21.8. The molecule has 0 saturated heterocycles. The number of amides is 1. The van der Waals surface area contributed by atoms with Crippen LogP contribution in [-0.2, 0) is 14.3 Å². The smallest absolute Gasteiger partial charge is 0.305 e. The number of aliphatic hydroxyl groups is 2. The molecule has 0 aromatic carbocycles. The lowest BCUT2D eigenvalue weighted by molar-refractivity contribution is -0.143. The van der Waals surface area contributed by atoms with E-state index in [1.807, 2.05) is 0 Å². The largest absolute Gasteiger partial charge is 0.466 e. The zero-order valence-corrected chi connectivity index (χ0v) is 46.4. The molecule has 1 amide bonds. The lowest BCUT2D eigenvalue weighted by Crippen LogP contribution is -2.45. The molecule has 0 saturated carbocycles. The molecular weight excluding hydrogens is 839 g/mol. The van der Waals surface area contributed by atoms with Gasteiger partial charge in [0.05, 0.1) is 25.4 Å². The highest BCUT2D eigenvalue weighted by atomic mass is 16.5. The maximum atomic E-state index is 12.5. The third kappa shape index (κ3) is 54.2. The summed E-state index contributed by atoms with van der Waals surface area (Å²) in [5, 5.41) is 23.3. The second kappa shape index (κ2) is 58.4. The molecule has 6 nitrogen and oxygen atoms in total. The predicted molar refractivity (Wildman–Crippen MR) is 297 cm³/mol. The van der Waals surface area contributed by atoms with Crippen LogP contribution >= 0.6 is 0 Å². The molecule has 0 aliphatic carbocycles. The number of hydrogen-bond acceptors (Lipinski definition) is 5. The van der Waals surface area contributed by atoms with Gasteiger partial charge in [0.2, 0.25) is 5.91 Å². The van der Waals surface area contributed by atoms with E-state index in [0.29, 0.717) is 25.9 Å². The molecule has 68 heavy (non-hydrogen) atoms. The SMILES string of the molecule is CCCCCCCCCCCCCCCCC(=O)OCCCCCCCCCCCCCCCCCCCCCCCCCCC(=O)NC(CO)C(O)CCCCCCCCCCCCCCC. The topological polar surface area (TPSA) is 95.9 Å². The van der Waals surface area contributed by atoms with Crippen molar-refractivity contribution in [2.75, 3.05) is 13.2 Å². The number of aliphatic hydroxyl groups excluding tert-OH is 2. The third-order valence-corrected chi connectivity index (χ3v) is 14.9. The monoisotopic (exact) mass is 962 g/mol. The van der Waals surface area contributed by atoms with Crippen LogP contribution in [0.15, 0.2) is 0 Å². The molecule has 0 bridgehead atoms. The van der Waals surface area contributed by atoms with Crippen molar-refractivity contribution in [2.45, 2.75) is 373 Å². The second-order valence-corrected chi connectivity index (χ2v) is 21.8. The third-order valence-electron chi connectivity index (χ3n) is 14.9. The van der Waals surface area contributed by atoms with E-state index in [2.05, 4.69) is 19.2 Å². The quantitative estimate of drug-likeness (QED) is 0.0417. The van der Waals surface area contributed by atoms with E-state index in [1.54, 1.807) is 0 Å². The number of unbranched alkanes of at least 4 members (excludes halogenated alkanes) is 48. The molecule has 0 rings (SSSR count). The van der Waals surface area contributed by atoms with E-state index < -0.39 is 12.1 Å². The fourth-order valence-corrected chi connectivity index (χ4v) is 10.1. The fourth-order valence-electron chi connectivity index (χ4n) is 10.1. The Balaban J connectivity index is 3.33. The number of carbonyl (C=O) groups is 2. The highest BCUT2D eigenvalue weighted by molar-refractivity contribution is 5.76. The zero-order chi connectivity index (χ0) is 49.3. The molecule has 0 fully saturated rings. The maximum absolute atomic E-state index is 12.5. The molecule has 3 N–H and O–H groups in total. The molecule has 406 valence electrons. The van der Waals surface area contributed by atoms with E-state index in [-0.39, 0.29) is 18.5 Å². The Labute approximate surface area is 426 Å². The van der Waals surface area contributed by atoms with Crippen LogP contribution in [0.25, 0.3) is 0 Å². The highest BCUT2D eigenvalue weighted by Gasteiger charge is 2.20. The number of carbonyl (C=O) groups excluding carboxylic acids is 2. The molecule has 2 unspecified atom stereocenters. The molecule has 0 aromatic rings. The van der Waals surface area contributed by atoms with Gasteiger partial charge >= 0.3 is 5.97 Å². The number of esters is 1. The predicted octanol–water partition coefficient (Wildman–Crippen LogP) is 19.5. The van der Waals surface area contributed by atoms with Crippen LogP contribution in [-0.4, -0.2) is 47.4 Å². The zero-order valence-electron chi connectivity index (χ0n) is 46.4. The fraction of sp³-hybridized carbons (Fsp3) is 0.968. The first kappa shape index (κ1) is 66.9. The molecule has 0 spiro atoms. The first-order valence-corrected chi connectivity index (χ1v) is 31.3. The van der Waals surface area contributed by atoms with Crippen molar-refractivity contribution < 1.29 is 24.5 Å². The van der Waals surface area contributed by atoms with Crippen molar-refractivity contribution in [3.63, 3.8) is 0 Å². The summed E-state index contributed by atoms with van der Waals surface area (Å²) in [6.45, 7) is 4.98. The molecular formula is C62H123NO5. The summed E-state index contributed by atoms with van der Waals surface area (Å²) >= 11 is 0. The molecule has 0 aliphatic rings. The van der Waals surface area contributed by atoms with Gasteiger partial charge in [-0.1, -0.05) is 322 Å². The van der Waals surface area contributed by atoms with E-state index in [1.165, 1.54) is 289 Å². The Hall–Kier alpha value is -1.14. The Bertz CT molecular complexity index is 975. The summed E-state index contributed by atoms with van der Waals surface area (Å²) in [4.78, 5) is 24.5. The minimum Gasteiger partial charge on any atom is -0.466 e. The molecule has 0 heterocycles. The van der Waals surface area contributed by atoms with Gasteiger partial charge in [-0.05, 0) is 25.7 Å². The van der Waals surface area contributed by atoms with Crippen molar-refractivity contribution in [1.82, 2.24) is 5.32 Å². The summed E-state index contributed by atoms with van der Waals surface area (Å²) < 4.78 is 5.49. The van der Waals surface area contributed by atoms with E-state index >= 15 is 0 Å². The minimum atomic E-state index is -0.661. The highest BCUT2D eigenvalue weighted by Crippen LogP contribution is 2.19. The van der Waals surface area contributed by atoms with Gasteiger partial charge < -0.3 is 20.3 Å². The number of nitrogens with one attached hydrogen (secondary N) is 1. The lowest BCUT2D eigenvalue weighted by atomic mass is 10.0. The van der Waals surface area contributed by atoms with Gasteiger partial charge in [0.1, 0.15) is 0 Å². The lowest BCUT2D eigenvalue weighted by Gasteiger charge is -2.22. The van der Waals surface area contributed by atoms with Crippen LogP contribution in [0, 0.1) is 0 Å². The molecule has 0 radical (unpaired) electrons. The van der Waals surface area contributed by atoms with Gasteiger partial charge in [0.15, 0.2) is 0 Å². The van der Waals surface area contributed by atoms with Crippen molar-refractivity contribution in [3.8, 4) is 0 Å². The molecule has 0 aromatic heterocycles. The molecule has 2 atom stereocenters. The Kier molecular flexibility index (Phi) is 57.5. The van der Waals surface area contributed by atoms with Crippen LogP contribution in [0.5, 0.6) is 0 Å². The Morgan fingerprint density at radius 1 is 0.353 bits per heavy atom. The van der Waals surface area contributed by atoms with Crippen LogP contribution < -0.4 is 5.32 Å². The van der Waals surface area contributed by atoms with Gasteiger partial charge in [0, 0.05) is 12.8 Å². The summed E-state index contributed by atoms with van der Waals surface area (Å²) in [7, 11) is 0. The molecule has 6 heteroatoms. The van der Waals surface area contributed by atoms with Crippen molar-refractivity contribution in [2.24, 2.45) is 0 Å². The first-order valence-electron chi connectivity index (χ1n) is 31.3. The van der Waals surface area contributed by atoms with Gasteiger partial charge in [-0.3, -0.25) is 9.59 Å². The number of hydrogen-bond donors (Lipinski definition) is 3. The summed E-state index contributed by atoms with van der Waals surface area (Å²) in [6, 6.07) is -0.538. The Morgan fingerprint density at radius 3 is 0.897 bits per heavy atom. The number of ether oxygens (including phenoxy) is 1. The van der Waals surface area contributed by atoms with Crippen LogP contribution in [0.3, 0.4) is 0 Å². The first-order chi connectivity index (χ1) is 33.5. The standard InChI is InChI=1S/C62H123NO5/c1-3-5-7-9-11-13-15-17-32-36-40-44-48-52-56-62(67)68-57-53-49-45-41-37-33-29-27-25-23-21-19-18-20-22-24-26-28-31-35-39-43-47-51-55-61(66)63-59(58-64)60(65)54-50-46-42-38-34-30-16-14-12-10-8-6-4-2/h59-60,64-65H,3-58H2,1-2H3,(H,63,66). The molecule has 0 aliphatic heterocycles. The van der Waals surface area contributed by atoms with Crippen molar-refractivity contribution in [1.29, 1.82) is 0 Å². The van der Waals surface area contributed by atoms with E-state index in [4.69, 9.17) is 4.74 Å². The van der Waals surface area contributed by atoms with Gasteiger partial charge in [-0.2, -0.15) is 0 Å². The van der Waals surface area contributed by atoms with Gasteiger partial charge in [0.25, 0.3) is 0 Å². The summed E-state index contributed by atoms with van der Waals surface area (Å²) in [5.74, 6) is -0.0129. The normalized spacial score (nSPS) is 12.5. The van der Waals surface area contributed by atoms with Gasteiger partial charge in [-0.25, -0.2) is 0 Å². The number of rotatable bonds is 59. The van der Waals surface area contributed by atoms with Crippen LogP contribution in [0.1, 0.15) is 361 Å². The van der Waals surface area contributed by atoms with Gasteiger partial charge in [-0.15, -0.1) is 0 Å². The maximum Gasteiger partial charge on any atom is 0.305 e. The van der Waals surface area contributed by atoms with Crippen LogP contribution in [0.2, 0.25) is 0 Å². The van der Waals surface area contributed by atoms with Crippen molar-refractivity contribution in [3.05, 3.63) is 0 Å².